The van der Waals surface area contributed by atoms with Gasteiger partial charge in [-0.3, -0.25) is 4.79 Å². The molecular weight excluding hydrogens is 304 g/mol. The lowest BCUT2D eigenvalue weighted by molar-refractivity contribution is -0.0946. The van der Waals surface area contributed by atoms with E-state index in [1.807, 2.05) is 0 Å². The number of benzene rings is 1. The molecule has 1 saturated heterocycles. The molecule has 0 spiro atoms. The number of carbonyl (C=O) groups excluding carboxylic acids is 1. The van der Waals surface area contributed by atoms with Gasteiger partial charge in [-0.25, -0.2) is 8.78 Å². The summed E-state index contributed by atoms with van der Waals surface area (Å²) < 4.78 is 35.7. The van der Waals surface area contributed by atoms with E-state index < -0.39 is 18.4 Å². The van der Waals surface area contributed by atoms with Crippen molar-refractivity contribution in [2.24, 2.45) is 0 Å². The number of hydrogen-bond donors (Lipinski definition) is 0. The van der Waals surface area contributed by atoms with E-state index in [-0.39, 0.29) is 25.5 Å². The number of fused-ring (bicyclic) bond motifs is 1. The lowest BCUT2D eigenvalue weighted by Crippen LogP contribution is -2.48. The van der Waals surface area contributed by atoms with Crippen molar-refractivity contribution in [1.29, 1.82) is 0 Å². The molecule has 2 aromatic rings. The number of nitrogens with zero attached hydrogens (tertiary/aromatic N) is 1. The SMILES string of the molecule is O=C(c1cc2cccc(Cl)c2o1)N1CCOC(C(F)F)C1. The summed E-state index contributed by atoms with van der Waals surface area (Å²) in [5.41, 5.74) is 0.418. The summed E-state index contributed by atoms with van der Waals surface area (Å²) >= 11 is 5.99. The molecule has 7 heteroatoms. The third-order valence-electron chi connectivity index (χ3n) is 3.37. The fourth-order valence-corrected chi connectivity index (χ4v) is 2.52. The fourth-order valence-electron chi connectivity index (χ4n) is 2.30. The molecule has 1 fully saturated rings. The van der Waals surface area contributed by atoms with Gasteiger partial charge in [0.15, 0.2) is 11.3 Å². The van der Waals surface area contributed by atoms with E-state index in [9.17, 15) is 13.6 Å². The Morgan fingerprint density at radius 1 is 1.43 bits per heavy atom. The third-order valence-corrected chi connectivity index (χ3v) is 3.67. The quantitative estimate of drug-likeness (QED) is 0.854. The zero-order valence-corrected chi connectivity index (χ0v) is 11.6. The van der Waals surface area contributed by atoms with Gasteiger partial charge in [-0.2, -0.15) is 0 Å². The van der Waals surface area contributed by atoms with Crippen LogP contribution in [-0.4, -0.2) is 43.0 Å². The standard InChI is InChI=1S/C14H12ClF2NO3/c15-9-3-1-2-8-6-10(21-12(8)9)14(19)18-4-5-20-11(7-18)13(16)17/h1-3,6,11,13H,4-5,7H2. The minimum atomic E-state index is -2.62. The summed E-state index contributed by atoms with van der Waals surface area (Å²) in [6.45, 7) is 0.190. The van der Waals surface area contributed by atoms with Gasteiger partial charge >= 0.3 is 0 Å². The second kappa shape index (κ2) is 5.61. The molecule has 1 atom stereocenters. The molecule has 112 valence electrons. The van der Waals surface area contributed by atoms with Crippen LogP contribution in [0.25, 0.3) is 11.0 Å². The van der Waals surface area contributed by atoms with Crippen molar-refractivity contribution >= 4 is 28.5 Å². The van der Waals surface area contributed by atoms with Crippen molar-refractivity contribution < 1.29 is 22.7 Å². The molecular formula is C14H12ClF2NO3. The lowest BCUT2D eigenvalue weighted by atomic mass is 10.2. The summed E-state index contributed by atoms with van der Waals surface area (Å²) in [6, 6.07) is 6.73. The van der Waals surface area contributed by atoms with Crippen LogP contribution in [0.15, 0.2) is 28.7 Å². The number of hydrogen-bond acceptors (Lipinski definition) is 3. The molecule has 0 radical (unpaired) electrons. The number of ether oxygens (including phenoxy) is 1. The van der Waals surface area contributed by atoms with Crippen LogP contribution in [0.4, 0.5) is 8.78 Å². The summed E-state index contributed by atoms with van der Waals surface area (Å²) in [6.07, 6.45) is -3.87. The van der Waals surface area contributed by atoms with Crippen LogP contribution in [0.1, 0.15) is 10.6 Å². The number of para-hydroxylation sites is 1. The molecule has 1 aromatic carbocycles. The highest BCUT2D eigenvalue weighted by Crippen LogP contribution is 2.27. The summed E-state index contributed by atoms with van der Waals surface area (Å²) in [5, 5.41) is 1.10. The van der Waals surface area contributed by atoms with Crippen LogP contribution in [0, 0.1) is 0 Å². The van der Waals surface area contributed by atoms with Crippen molar-refractivity contribution in [1.82, 2.24) is 4.90 Å². The Morgan fingerprint density at radius 2 is 2.24 bits per heavy atom. The van der Waals surface area contributed by atoms with Gasteiger partial charge in [0.05, 0.1) is 18.2 Å². The first-order valence-electron chi connectivity index (χ1n) is 6.43. The van der Waals surface area contributed by atoms with Gasteiger partial charge in [0.1, 0.15) is 6.10 Å². The molecule has 3 rings (SSSR count). The average molecular weight is 316 g/mol. The molecule has 0 aliphatic carbocycles. The zero-order chi connectivity index (χ0) is 15.0. The Balaban J connectivity index is 1.84. The molecule has 1 unspecified atom stereocenters. The van der Waals surface area contributed by atoms with Gasteiger partial charge < -0.3 is 14.1 Å². The summed E-state index contributed by atoms with van der Waals surface area (Å²) in [7, 11) is 0. The van der Waals surface area contributed by atoms with E-state index in [0.717, 1.165) is 0 Å². The molecule has 1 aromatic heterocycles. The van der Waals surface area contributed by atoms with Crippen LogP contribution in [0.2, 0.25) is 5.02 Å². The molecule has 2 heterocycles. The number of furan rings is 1. The minimum Gasteiger partial charge on any atom is -0.449 e. The highest BCUT2D eigenvalue weighted by Gasteiger charge is 2.32. The zero-order valence-electron chi connectivity index (χ0n) is 10.9. The van der Waals surface area contributed by atoms with E-state index in [1.54, 1.807) is 24.3 Å². The Labute approximate surface area is 124 Å². The second-order valence-electron chi connectivity index (χ2n) is 4.76. The first-order valence-corrected chi connectivity index (χ1v) is 6.81. The van der Waals surface area contributed by atoms with Crippen molar-refractivity contribution in [3.8, 4) is 0 Å². The monoisotopic (exact) mass is 315 g/mol. The highest BCUT2D eigenvalue weighted by molar-refractivity contribution is 6.34. The van der Waals surface area contributed by atoms with Crippen molar-refractivity contribution in [2.45, 2.75) is 12.5 Å². The van der Waals surface area contributed by atoms with E-state index in [2.05, 4.69) is 0 Å². The van der Waals surface area contributed by atoms with Crippen molar-refractivity contribution in [3.05, 3.63) is 35.0 Å². The Bertz CT molecular complexity index is 673. The second-order valence-corrected chi connectivity index (χ2v) is 5.17. The normalized spacial score (nSPS) is 19.4. The van der Waals surface area contributed by atoms with Gasteiger partial charge in [0.2, 0.25) is 0 Å². The number of amides is 1. The lowest BCUT2D eigenvalue weighted by Gasteiger charge is -2.31. The van der Waals surface area contributed by atoms with Crippen LogP contribution in [0.3, 0.4) is 0 Å². The Morgan fingerprint density at radius 3 is 2.95 bits per heavy atom. The Kier molecular flexibility index (Phi) is 3.82. The number of alkyl halides is 2. The third kappa shape index (κ3) is 2.73. The molecule has 1 amide bonds. The predicted molar refractivity (Wildman–Crippen MR) is 72.9 cm³/mol. The van der Waals surface area contributed by atoms with Crippen LogP contribution in [-0.2, 0) is 4.74 Å². The van der Waals surface area contributed by atoms with Gasteiger partial charge in [-0.15, -0.1) is 0 Å². The maximum atomic E-state index is 12.7. The van der Waals surface area contributed by atoms with Crippen LogP contribution >= 0.6 is 11.6 Å². The largest absolute Gasteiger partial charge is 0.449 e. The van der Waals surface area contributed by atoms with Crippen molar-refractivity contribution in [3.63, 3.8) is 0 Å². The first kappa shape index (κ1) is 14.3. The van der Waals surface area contributed by atoms with Gasteiger partial charge in [0.25, 0.3) is 12.3 Å². The molecule has 0 N–H and O–H groups in total. The van der Waals surface area contributed by atoms with Gasteiger partial charge in [-0.05, 0) is 12.1 Å². The highest BCUT2D eigenvalue weighted by atomic mass is 35.5. The molecule has 1 aliphatic heterocycles. The number of halogens is 3. The van der Waals surface area contributed by atoms with E-state index in [1.165, 1.54) is 4.90 Å². The molecule has 4 nitrogen and oxygen atoms in total. The Hall–Kier alpha value is -1.66. The fraction of sp³-hybridized carbons (Fsp3) is 0.357. The summed E-state index contributed by atoms with van der Waals surface area (Å²) in [5.74, 6) is -0.343. The minimum absolute atomic E-state index is 0.0851. The molecule has 0 saturated carbocycles. The maximum absolute atomic E-state index is 12.7. The number of morpholine rings is 1. The predicted octanol–water partition coefficient (Wildman–Crippen LogP) is 3.19. The molecule has 1 aliphatic rings. The number of carbonyl (C=O) groups is 1. The first-order chi connectivity index (χ1) is 10.1. The van der Waals surface area contributed by atoms with Crippen LogP contribution in [0.5, 0.6) is 0 Å². The summed E-state index contributed by atoms with van der Waals surface area (Å²) in [4.78, 5) is 13.6. The molecule has 21 heavy (non-hydrogen) atoms. The smallest absolute Gasteiger partial charge is 0.289 e. The topological polar surface area (TPSA) is 42.7 Å². The van der Waals surface area contributed by atoms with E-state index >= 15 is 0 Å². The van der Waals surface area contributed by atoms with E-state index in [0.29, 0.717) is 16.0 Å². The van der Waals surface area contributed by atoms with Gasteiger partial charge in [0, 0.05) is 11.9 Å². The van der Waals surface area contributed by atoms with Crippen molar-refractivity contribution in [2.75, 3.05) is 19.7 Å². The number of rotatable bonds is 2. The van der Waals surface area contributed by atoms with Gasteiger partial charge in [-0.1, -0.05) is 23.7 Å². The van der Waals surface area contributed by atoms with E-state index in [4.69, 9.17) is 20.8 Å². The average Bonchev–Trinajstić information content (AvgIpc) is 2.92. The molecule has 0 bridgehead atoms. The van der Waals surface area contributed by atoms with Crippen LogP contribution < -0.4 is 0 Å². The maximum Gasteiger partial charge on any atom is 0.289 e.